The molecule has 2 atom stereocenters. The molecule has 2 unspecified atom stereocenters. The van der Waals surface area contributed by atoms with Crippen molar-refractivity contribution in [2.45, 2.75) is 64.4 Å². The molecule has 1 saturated heterocycles. The summed E-state index contributed by atoms with van der Waals surface area (Å²) in [5, 5.41) is 0. The van der Waals surface area contributed by atoms with Crippen LogP contribution >= 0.6 is 0 Å². The van der Waals surface area contributed by atoms with E-state index in [-0.39, 0.29) is 12.4 Å². The first-order chi connectivity index (χ1) is 16.8. The molecule has 0 bridgehead atoms. The van der Waals surface area contributed by atoms with Crippen LogP contribution in [0.5, 0.6) is 5.75 Å². The molecule has 1 aromatic heterocycles. The van der Waals surface area contributed by atoms with Gasteiger partial charge in [0.25, 0.3) is 0 Å². The van der Waals surface area contributed by atoms with Crippen LogP contribution < -0.4 is 4.74 Å². The molecular weight excluding hydrogens is 424 g/mol. The second-order valence-corrected chi connectivity index (χ2v) is 8.39. The molecule has 1 aliphatic rings. The van der Waals surface area contributed by atoms with Crippen LogP contribution in [0.3, 0.4) is 0 Å². The Morgan fingerprint density at radius 1 is 1.06 bits per heavy atom. The number of hydrogen-bond donors (Lipinski definition) is 0. The van der Waals surface area contributed by atoms with E-state index in [4.69, 9.17) is 14.2 Å². The third-order valence-electron chi connectivity index (χ3n) is 5.68. The van der Waals surface area contributed by atoms with Gasteiger partial charge in [-0.05, 0) is 55.5 Å². The lowest BCUT2D eigenvalue weighted by Crippen LogP contribution is -2.27. The van der Waals surface area contributed by atoms with Crippen molar-refractivity contribution in [2.75, 3.05) is 6.61 Å². The molecule has 0 saturated carbocycles. The summed E-state index contributed by atoms with van der Waals surface area (Å²) in [5.41, 5.74) is 2.82. The number of benzene rings is 2. The minimum Gasteiger partial charge on any atom is -0.488 e. The maximum Gasteiger partial charge on any atom is 0.159 e. The first kappa shape index (κ1) is 23.9. The number of aromatic nitrogens is 2. The van der Waals surface area contributed by atoms with Crippen LogP contribution in [0, 0.1) is 11.8 Å². The van der Waals surface area contributed by atoms with Crippen molar-refractivity contribution in [3.05, 3.63) is 78.1 Å². The van der Waals surface area contributed by atoms with E-state index in [1.165, 1.54) is 0 Å². The number of nitrogens with zero attached hydrogens (tertiary/aromatic N) is 2. The summed E-state index contributed by atoms with van der Waals surface area (Å²) in [6.07, 6.45) is 9.38. The van der Waals surface area contributed by atoms with E-state index in [0.717, 1.165) is 61.8 Å². The Kier molecular flexibility index (Phi) is 9.07. The highest BCUT2D eigenvalue weighted by molar-refractivity contribution is 5.62. The van der Waals surface area contributed by atoms with E-state index in [0.29, 0.717) is 18.2 Å². The Balaban J connectivity index is 1.57. The maximum absolute atomic E-state index is 6.23. The van der Waals surface area contributed by atoms with Gasteiger partial charge < -0.3 is 14.2 Å². The Morgan fingerprint density at radius 3 is 2.68 bits per heavy atom. The normalized spacial score (nSPS) is 16.3. The van der Waals surface area contributed by atoms with Crippen LogP contribution in [-0.4, -0.2) is 29.0 Å². The van der Waals surface area contributed by atoms with Crippen LogP contribution in [0.2, 0.25) is 0 Å². The molecule has 5 nitrogen and oxygen atoms in total. The molecule has 5 heteroatoms. The lowest BCUT2D eigenvalue weighted by molar-refractivity contribution is -0.177. The highest BCUT2D eigenvalue weighted by atomic mass is 16.7. The first-order valence-electron chi connectivity index (χ1n) is 12.2. The van der Waals surface area contributed by atoms with E-state index in [1.54, 1.807) is 12.4 Å². The summed E-state index contributed by atoms with van der Waals surface area (Å²) in [4.78, 5) is 8.75. The summed E-state index contributed by atoms with van der Waals surface area (Å²) in [6.45, 7) is 3.40. The van der Waals surface area contributed by atoms with Crippen LogP contribution in [0.15, 0.2) is 67.0 Å². The highest BCUT2D eigenvalue weighted by Crippen LogP contribution is 2.26. The molecule has 2 heterocycles. The largest absolute Gasteiger partial charge is 0.488 e. The number of unbranched alkanes of at least 4 members (excludes halogenated alkanes) is 1. The Morgan fingerprint density at radius 2 is 1.91 bits per heavy atom. The van der Waals surface area contributed by atoms with Gasteiger partial charge in [-0.25, -0.2) is 9.97 Å². The van der Waals surface area contributed by atoms with Gasteiger partial charge in [-0.3, -0.25) is 0 Å². The summed E-state index contributed by atoms with van der Waals surface area (Å²) >= 11 is 0. The zero-order valence-corrected chi connectivity index (χ0v) is 19.8. The second-order valence-electron chi connectivity index (χ2n) is 8.39. The van der Waals surface area contributed by atoms with Crippen molar-refractivity contribution in [1.82, 2.24) is 9.97 Å². The highest BCUT2D eigenvalue weighted by Gasteiger charge is 2.18. The van der Waals surface area contributed by atoms with Gasteiger partial charge in [0, 0.05) is 24.6 Å². The van der Waals surface area contributed by atoms with Crippen LogP contribution in [0.4, 0.5) is 0 Å². The predicted octanol–water partition coefficient (Wildman–Crippen LogP) is 6.18. The van der Waals surface area contributed by atoms with Gasteiger partial charge in [-0.15, -0.1) is 0 Å². The minimum atomic E-state index is -0.165. The van der Waals surface area contributed by atoms with Gasteiger partial charge in [0.05, 0.1) is 5.56 Å². The fourth-order valence-corrected chi connectivity index (χ4v) is 3.79. The van der Waals surface area contributed by atoms with E-state index >= 15 is 0 Å². The summed E-state index contributed by atoms with van der Waals surface area (Å²) < 4.78 is 18.2. The molecule has 0 spiro atoms. The fraction of sp³-hybridized carbons (Fsp3) is 0.379. The summed E-state index contributed by atoms with van der Waals surface area (Å²) in [5.74, 6) is 8.05. The lowest BCUT2D eigenvalue weighted by Gasteiger charge is -2.25. The van der Waals surface area contributed by atoms with Gasteiger partial charge in [0.2, 0.25) is 0 Å². The van der Waals surface area contributed by atoms with Crippen LogP contribution in [0.1, 0.15) is 56.6 Å². The van der Waals surface area contributed by atoms with Gasteiger partial charge in [0.1, 0.15) is 18.5 Å². The number of rotatable bonds is 9. The van der Waals surface area contributed by atoms with Gasteiger partial charge >= 0.3 is 0 Å². The molecule has 3 aromatic rings. The molecule has 0 aliphatic carbocycles. The van der Waals surface area contributed by atoms with E-state index < -0.39 is 0 Å². The maximum atomic E-state index is 6.23. The Bertz CT molecular complexity index is 1070. The molecule has 0 radical (unpaired) electrons. The van der Waals surface area contributed by atoms with Crippen molar-refractivity contribution < 1.29 is 14.2 Å². The summed E-state index contributed by atoms with van der Waals surface area (Å²) in [7, 11) is 0. The van der Waals surface area contributed by atoms with Crippen molar-refractivity contribution in [3.8, 4) is 29.0 Å². The van der Waals surface area contributed by atoms with E-state index in [2.05, 4.69) is 28.7 Å². The number of hydrogen-bond acceptors (Lipinski definition) is 5. The molecule has 34 heavy (non-hydrogen) atoms. The van der Waals surface area contributed by atoms with Crippen molar-refractivity contribution >= 4 is 0 Å². The van der Waals surface area contributed by atoms with Gasteiger partial charge in [-0.1, -0.05) is 61.9 Å². The average Bonchev–Trinajstić information content (AvgIpc) is 2.91. The Labute approximate surface area is 202 Å². The first-order valence-corrected chi connectivity index (χ1v) is 12.2. The molecule has 4 rings (SSSR count). The third-order valence-corrected chi connectivity index (χ3v) is 5.68. The molecule has 1 aliphatic heterocycles. The number of ether oxygens (including phenoxy) is 3. The monoisotopic (exact) mass is 456 g/mol. The molecule has 0 amide bonds. The molecule has 0 N–H and O–H groups in total. The fourth-order valence-electron chi connectivity index (χ4n) is 3.79. The van der Waals surface area contributed by atoms with Crippen LogP contribution in [0.25, 0.3) is 11.4 Å². The van der Waals surface area contributed by atoms with Gasteiger partial charge in [-0.2, -0.15) is 0 Å². The quantitative estimate of drug-likeness (QED) is 0.360. The van der Waals surface area contributed by atoms with Crippen LogP contribution in [-0.2, 0) is 16.1 Å². The summed E-state index contributed by atoms with van der Waals surface area (Å²) in [6, 6.07) is 17.9. The molecular formula is C29H32N2O3. The SMILES string of the molecule is CCCCC(C#Cc1ccc(-c2ncccn2)cc1OCc1ccccc1)OC1CCCCO1. The van der Waals surface area contributed by atoms with Crippen molar-refractivity contribution in [3.63, 3.8) is 0 Å². The van der Waals surface area contributed by atoms with Crippen molar-refractivity contribution in [1.29, 1.82) is 0 Å². The lowest BCUT2D eigenvalue weighted by atomic mass is 10.1. The smallest absolute Gasteiger partial charge is 0.159 e. The Hall–Kier alpha value is -3.20. The standard InChI is InChI=1S/C29H32N2O3/c1-2-3-12-26(34-28-13-7-8-20-32-28)17-16-24-14-15-25(29-30-18-9-19-31-29)21-27(24)33-22-23-10-5-4-6-11-23/h4-6,9-11,14-15,18-19,21,26,28H,2-3,7-8,12-13,20,22H2,1H3. The zero-order chi connectivity index (χ0) is 23.4. The third kappa shape index (κ3) is 7.15. The van der Waals surface area contributed by atoms with Crippen molar-refractivity contribution in [2.24, 2.45) is 0 Å². The van der Waals surface area contributed by atoms with E-state index in [1.807, 2.05) is 54.6 Å². The topological polar surface area (TPSA) is 53.5 Å². The van der Waals surface area contributed by atoms with E-state index in [9.17, 15) is 0 Å². The van der Waals surface area contributed by atoms with Gasteiger partial charge in [0.15, 0.2) is 12.1 Å². The molecule has 176 valence electrons. The second kappa shape index (κ2) is 12.9. The minimum absolute atomic E-state index is 0.156. The molecule has 1 fully saturated rings. The predicted molar refractivity (Wildman–Crippen MR) is 133 cm³/mol. The average molecular weight is 457 g/mol. The zero-order valence-electron chi connectivity index (χ0n) is 19.8. The molecule has 2 aromatic carbocycles.